The standard InChI is InChI=1S/C15H23N3O/c1-15(17-2,14(16)19)11-18-9-5-8-12-6-3-4-7-13(12)10-18/h3-4,6-7,17H,5,8-11H2,1-2H3,(H2,16,19). The quantitative estimate of drug-likeness (QED) is 0.846. The minimum absolute atomic E-state index is 0.299. The van der Waals surface area contributed by atoms with Gasteiger partial charge in [-0.25, -0.2) is 0 Å². The molecule has 0 spiro atoms. The number of benzene rings is 1. The van der Waals surface area contributed by atoms with Crippen molar-refractivity contribution in [3.05, 3.63) is 35.4 Å². The third-order valence-electron chi connectivity index (χ3n) is 4.07. The average Bonchev–Trinajstić information content (AvgIpc) is 2.59. The summed E-state index contributed by atoms with van der Waals surface area (Å²) in [6.07, 6.45) is 2.23. The van der Waals surface area contributed by atoms with Crippen LogP contribution in [0.5, 0.6) is 0 Å². The number of fused-ring (bicyclic) bond motifs is 1. The fraction of sp³-hybridized carbons (Fsp3) is 0.533. The monoisotopic (exact) mass is 261 g/mol. The highest BCUT2D eigenvalue weighted by molar-refractivity contribution is 5.84. The molecule has 1 aromatic rings. The van der Waals surface area contributed by atoms with E-state index in [2.05, 4.69) is 34.5 Å². The van der Waals surface area contributed by atoms with Crippen LogP contribution in [0.1, 0.15) is 24.5 Å². The second-order valence-electron chi connectivity index (χ2n) is 5.53. The number of nitrogens with zero attached hydrogens (tertiary/aromatic N) is 1. The van der Waals surface area contributed by atoms with Gasteiger partial charge in [0.15, 0.2) is 0 Å². The highest BCUT2D eigenvalue weighted by atomic mass is 16.1. The lowest BCUT2D eigenvalue weighted by molar-refractivity contribution is -0.124. The Morgan fingerprint density at radius 3 is 2.74 bits per heavy atom. The summed E-state index contributed by atoms with van der Waals surface area (Å²) in [6.45, 7) is 4.40. The topological polar surface area (TPSA) is 58.4 Å². The summed E-state index contributed by atoms with van der Waals surface area (Å²) in [5.41, 5.74) is 7.63. The highest BCUT2D eigenvalue weighted by Crippen LogP contribution is 2.19. The van der Waals surface area contributed by atoms with Crippen molar-refractivity contribution in [2.75, 3.05) is 20.1 Å². The van der Waals surface area contributed by atoms with Crippen LogP contribution in [-0.2, 0) is 17.8 Å². The molecule has 1 aliphatic heterocycles. The molecule has 3 N–H and O–H groups in total. The van der Waals surface area contributed by atoms with E-state index < -0.39 is 5.54 Å². The molecule has 0 radical (unpaired) electrons. The lowest BCUT2D eigenvalue weighted by Crippen LogP contribution is -2.58. The number of aryl methyl sites for hydroxylation is 1. The number of nitrogens with two attached hydrogens (primary N) is 1. The Morgan fingerprint density at radius 2 is 2.11 bits per heavy atom. The average molecular weight is 261 g/mol. The number of carbonyl (C=O) groups excluding carboxylic acids is 1. The normalized spacial score (nSPS) is 19.3. The van der Waals surface area contributed by atoms with E-state index in [0.717, 1.165) is 25.9 Å². The zero-order valence-electron chi connectivity index (χ0n) is 11.8. The molecule has 0 bridgehead atoms. The molecular weight excluding hydrogens is 238 g/mol. The first-order valence-corrected chi connectivity index (χ1v) is 6.83. The lowest BCUT2D eigenvalue weighted by Gasteiger charge is -2.32. The van der Waals surface area contributed by atoms with Crippen LogP contribution in [0.25, 0.3) is 0 Å². The molecule has 1 heterocycles. The summed E-state index contributed by atoms with van der Waals surface area (Å²) in [4.78, 5) is 13.9. The number of amides is 1. The molecule has 104 valence electrons. The van der Waals surface area contributed by atoms with Gasteiger partial charge in [0, 0.05) is 13.1 Å². The molecule has 19 heavy (non-hydrogen) atoms. The van der Waals surface area contributed by atoms with E-state index in [4.69, 9.17) is 5.73 Å². The van der Waals surface area contributed by atoms with Crippen molar-refractivity contribution in [1.82, 2.24) is 10.2 Å². The molecule has 1 aliphatic rings. The van der Waals surface area contributed by atoms with Crippen LogP contribution in [0.15, 0.2) is 24.3 Å². The van der Waals surface area contributed by atoms with Crippen molar-refractivity contribution < 1.29 is 4.79 Å². The van der Waals surface area contributed by atoms with Crippen LogP contribution >= 0.6 is 0 Å². The maximum atomic E-state index is 11.6. The molecule has 0 aromatic heterocycles. The van der Waals surface area contributed by atoms with E-state index in [-0.39, 0.29) is 5.91 Å². The van der Waals surface area contributed by atoms with Crippen molar-refractivity contribution in [1.29, 1.82) is 0 Å². The highest BCUT2D eigenvalue weighted by Gasteiger charge is 2.32. The summed E-state index contributed by atoms with van der Waals surface area (Å²) in [6, 6.07) is 8.54. The minimum Gasteiger partial charge on any atom is -0.368 e. The van der Waals surface area contributed by atoms with Crippen LogP contribution < -0.4 is 11.1 Å². The van der Waals surface area contributed by atoms with E-state index in [1.807, 2.05) is 6.92 Å². The van der Waals surface area contributed by atoms with Gasteiger partial charge in [0.25, 0.3) is 0 Å². The van der Waals surface area contributed by atoms with Gasteiger partial charge in [0.1, 0.15) is 5.54 Å². The third kappa shape index (κ3) is 3.14. The molecule has 4 heteroatoms. The SMILES string of the molecule is CNC(C)(CN1CCCc2ccccc2C1)C(N)=O. The first-order valence-electron chi connectivity index (χ1n) is 6.83. The molecule has 4 nitrogen and oxygen atoms in total. The van der Waals surface area contributed by atoms with Crippen molar-refractivity contribution in [2.24, 2.45) is 5.73 Å². The summed E-state index contributed by atoms with van der Waals surface area (Å²) < 4.78 is 0. The Bertz CT molecular complexity index is 460. The molecule has 2 rings (SSSR count). The van der Waals surface area contributed by atoms with Crippen molar-refractivity contribution in [2.45, 2.75) is 31.8 Å². The maximum Gasteiger partial charge on any atom is 0.238 e. The zero-order chi connectivity index (χ0) is 13.9. The van der Waals surface area contributed by atoms with Gasteiger partial charge < -0.3 is 11.1 Å². The smallest absolute Gasteiger partial charge is 0.238 e. The van der Waals surface area contributed by atoms with Gasteiger partial charge in [-0.3, -0.25) is 9.69 Å². The van der Waals surface area contributed by atoms with Crippen LogP contribution in [-0.4, -0.2) is 36.5 Å². The van der Waals surface area contributed by atoms with E-state index in [0.29, 0.717) is 6.54 Å². The number of nitrogens with one attached hydrogen (secondary N) is 1. The largest absolute Gasteiger partial charge is 0.368 e. The van der Waals surface area contributed by atoms with E-state index >= 15 is 0 Å². The molecule has 1 amide bonds. The summed E-state index contributed by atoms with van der Waals surface area (Å²) in [7, 11) is 1.79. The van der Waals surface area contributed by atoms with Crippen LogP contribution in [0.2, 0.25) is 0 Å². The number of hydrogen-bond donors (Lipinski definition) is 2. The number of carbonyl (C=O) groups is 1. The van der Waals surface area contributed by atoms with Crippen LogP contribution in [0.4, 0.5) is 0 Å². The third-order valence-corrected chi connectivity index (χ3v) is 4.07. The van der Waals surface area contributed by atoms with Gasteiger partial charge in [-0.2, -0.15) is 0 Å². The Balaban J connectivity index is 2.13. The Morgan fingerprint density at radius 1 is 1.42 bits per heavy atom. The number of likely N-dealkylation sites (N-methyl/N-ethyl adjacent to an activating group) is 1. The summed E-state index contributed by atoms with van der Waals surface area (Å²) in [5, 5.41) is 3.05. The van der Waals surface area contributed by atoms with Crippen molar-refractivity contribution in [3.8, 4) is 0 Å². The Labute approximate surface area is 115 Å². The zero-order valence-corrected chi connectivity index (χ0v) is 11.8. The second-order valence-corrected chi connectivity index (χ2v) is 5.53. The molecule has 1 unspecified atom stereocenters. The predicted molar refractivity (Wildman–Crippen MR) is 76.7 cm³/mol. The Kier molecular flexibility index (Phi) is 4.22. The number of hydrogen-bond acceptors (Lipinski definition) is 3. The van der Waals surface area contributed by atoms with Crippen LogP contribution in [0, 0.1) is 0 Å². The van der Waals surface area contributed by atoms with Crippen LogP contribution in [0.3, 0.4) is 0 Å². The van der Waals surface area contributed by atoms with Gasteiger partial charge in [0.2, 0.25) is 5.91 Å². The minimum atomic E-state index is -0.667. The van der Waals surface area contributed by atoms with Gasteiger partial charge in [-0.15, -0.1) is 0 Å². The maximum absolute atomic E-state index is 11.6. The van der Waals surface area contributed by atoms with E-state index in [9.17, 15) is 4.79 Å². The fourth-order valence-corrected chi connectivity index (χ4v) is 2.63. The number of rotatable bonds is 4. The molecular formula is C15H23N3O. The van der Waals surface area contributed by atoms with E-state index in [1.54, 1.807) is 7.05 Å². The summed E-state index contributed by atoms with van der Waals surface area (Å²) in [5.74, 6) is -0.299. The molecule has 0 fully saturated rings. The fourth-order valence-electron chi connectivity index (χ4n) is 2.63. The second kappa shape index (κ2) is 5.72. The van der Waals surface area contributed by atoms with Crippen molar-refractivity contribution in [3.63, 3.8) is 0 Å². The lowest BCUT2D eigenvalue weighted by atomic mass is 10.0. The van der Waals surface area contributed by atoms with Crippen molar-refractivity contribution >= 4 is 5.91 Å². The molecule has 1 atom stereocenters. The Hall–Kier alpha value is -1.39. The van der Waals surface area contributed by atoms with E-state index in [1.165, 1.54) is 11.1 Å². The first-order chi connectivity index (χ1) is 9.05. The van der Waals surface area contributed by atoms with Gasteiger partial charge in [-0.1, -0.05) is 24.3 Å². The molecule has 1 aromatic carbocycles. The molecule has 0 saturated carbocycles. The van der Waals surface area contributed by atoms with Gasteiger partial charge >= 0.3 is 0 Å². The van der Waals surface area contributed by atoms with Gasteiger partial charge in [-0.05, 0) is 44.5 Å². The molecule has 0 saturated heterocycles. The first kappa shape index (κ1) is 14.0. The predicted octanol–water partition coefficient (Wildman–Crippen LogP) is 0.898. The number of primary amides is 1. The molecule has 0 aliphatic carbocycles. The van der Waals surface area contributed by atoms with Gasteiger partial charge in [0.05, 0.1) is 0 Å². The summed E-state index contributed by atoms with van der Waals surface area (Å²) >= 11 is 0.